The maximum Gasteiger partial charge on any atom is 0.219 e. The zero-order chi connectivity index (χ0) is 16.4. The summed E-state index contributed by atoms with van der Waals surface area (Å²) in [5, 5.41) is 0. The molecule has 0 spiro atoms. The van der Waals surface area contributed by atoms with E-state index in [4.69, 9.17) is 4.74 Å². The molecule has 2 aliphatic rings. The Labute approximate surface area is 144 Å². The van der Waals surface area contributed by atoms with Crippen molar-refractivity contribution in [1.29, 1.82) is 0 Å². The fraction of sp³-hybridized carbons (Fsp3) is 0.476. The van der Waals surface area contributed by atoms with Crippen molar-refractivity contribution in [2.75, 3.05) is 13.1 Å². The van der Waals surface area contributed by atoms with Gasteiger partial charge in [0, 0.05) is 31.4 Å². The Bertz CT molecular complexity index is 689. The molecule has 3 heteroatoms. The first kappa shape index (κ1) is 15.6. The van der Waals surface area contributed by atoms with Crippen LogP contribution in [0.5, 0.6) is 11.6 Å². The van der Waals surface area contributed by atoms with Crippen LogP contribution in [-0.2, 0) is 12.8 Å². The van der Waals surface area contributed by atoms with Crippen LogP contribution in [-0.4, -0.2) is 29.0 Å². The quantitative estimate of drug-likeness (QED) is 0.830. The van der Waals surface area contributed by atoms with Gasteiger partial charge in [-0.3, -0.25) is 4.90 Å². The first-order valence-electron chi connectivity index (χ1n) is 9.24. The molecule has 1 aromatic heterocycles. The van der Waals surface area contributed by atoms with Crippen LogP contribution < -0.4 is 4.74 Å². The Hall–Kier alpha value is -1.87. The minimum absolute atomic E-state index is 0.668. The molecule has 0 amide bonds. The van der Waals surface area contributed by atoms with Crippen molar-refractivity contribution < 1.29 is 4.74 Å². The minimum atomic E-state index is 0.668. The minimum Gasteiger partial charge on any atom is -0.439 e. The largest absolute Gasteiger partial charge is 0.439 e. The molecule has 24 heavy (non-hydrogen) atoms. The molecule has 0 unspecified atom stereocenters. The maximum atomic E-state index is 5.94. The topological polar surface area (TPSA) is 25.4 Å². The number of rotatable bonds is 3. The van der Waals surface area contributed by atoms with Crippen molar-refractivity contribution in [3.05, 3.63) is 53.2 Å². The van der Waals surface area contributed by atoms with Crippen LogP contribution in [0.15, 0.2) is 36.5 Å². The van der Waals surface area contributed by atoms with E-state index in [1.165, 1.54) is 49.9 Å². The van der Waals surface area contributed by atoms with Crippen LogP contribution in [0.3, 0.4) is 0 Å². The second-order valence-electron chi connectivity index (χ2n) is 7.18. The third kappa shape index (κ3) is 3.46. The van der Waals surface area contributed by atoms with Gasteiger partial charge in [0.2, 0.25) is 5.88 Å². The van der Waals surface area contributed by atoms with E-state index in [1.807, 2.05) is 25.3 Å². The van der Waals surface area contributed by atoms with Crippen molar-refractivity contribution >= 4 is 0 Å². The molecular formula is C21H26N2O. The average Bonchev–Trinajstić information content (AvgIpc) is 3.05. The molecule has 0 bridgehead atoms. The molecule has 2 heterocycles. The lowest BCUT2D eigenvalue weighted by Gasteiger charge is -2.26. The molecule has 1 saturated carbocycles. The summed E-state index contributed by atoms with van der Waals surface area (Å²) < 4.78 is 5.94. The van der Waals surface area contributed by atoms with E-state index in [0.29, 0.717) is 5.88 Å². The predicted octanol–water partition coefficient (Wildman–Crippen LogP) is 4.53. The summed E-state index contributed by atoms with van der Waals surface area (Å²) in [5.74, 6) is 1.57. The highest BCUT2D eigenvalue weighted by atomic mass is 16.5. The van der Waals surface area contributed by atoms with Gasteiger partial charge < -0.3 is 4.74 Å². The molecule has 1 aliphatic carbocycles. The Balaban J connectivity index is 1.47. The number of aryl methyl sites for hydroxylation is 1. The molecular weight excluding hydrogens is 296 g/mol. The van der Waals surface area contributed by atoms with Gasteiger partial charge >= 0.3 is 0 Å². The molecule has 1 aliphatic heterocycles. The van der Waals surface area contributed by atoms with Gasteiger partial charge in [-0.05, 0) is 61.4 Å². The Morgan fingerprint density at radius 2 is 1.79 bits per heavy atom. The number of pyridine rings is 1. The standard InChI is InChI=1S/C21H26N2O/c1-16-6-9-21(22-15-16)24-20-8-7-17-10-12-23(13-11-18(17)14-20)19-4-2-3-5-19/h6-9,14-15,19H,2-5,10-13H2,1H3. The monoisotopic (exact) mass is 322 g/mol. The van der Waals surface area contributed by atoms with E-state index in [9.17, 15) is 0 Å². The normalized spacial score (nSPS) is 19.0. The predicted molar refractivity (Wildman–Crippen MR) is 96.7 cm³/mol. The van der Waals surface area contributed by atoms with Crippen molar-refractivity contribution in [2.24, 2.45) is 0 Å². The van der Waals surface area contributed by atoms with Gasteiger partial charge in [0.1, 0.15) is 5.75 Å². The number of hydrogen-bond donors (Lipinski definition) is 0. The van der Waals surface area contributed by atoms with Gasteiger partial charge in [-0.2, -0.15) is 0 Å². The molecule has 0 radical (unpaired) electrons. The van der Waals surface area contributed by atoms with Crippen molar-refractivity contribution in [3.63, 3.8) is 0 Å². The zero-order valence-electron chi connectivity index (χ0n) is 14.5. The van der Waals surface area contributed by atoms with Crippen LogP contribution in [0.25, 0.3) is 0 Å². The lowest BCUT2D eigenvalue weighted by atomic mass is 10.0. The highest BCUT2D eigenvalue weighted by molar-refractivity contribution is 5.38. The van der Waals surface area contributed by atoms with Crippen LogP contribution in [0.4, 0.5) is 0 Å². The SMILES string of the molecule is Cc1ccc(Oc2ccc3c(c2)CCN(C2CCCC2)CC3)nc1. The molecule has 1 fully saturated rings. The summed E-state index contributed by atoms with van der Waals surface area (Å²) in [6.07, 6.45) is 9.75. The van der Waals surface area contributed by atoms with Crippen LogP contribution >= 0.6 is 0 Å². The summed E-state index contributed by atoms with van der Waals surface area (Å²) in [4.78, 5) is 7.06. The molecule has 126 valence electrons. The van der Waals surface area contributed by atoms with Crippen LogP contribution in [0, 0.1) is 6.92 Å². The highest BCUT2D eigenvalue weighted by Crippen LogP contribution is 2.28. The van der Waals surface area contributed by atoms with E-state index in [2.05, 4.69) is 28.1 Å². The number of hydrogen-bond acceptors (Lipinski definition) is 3. The molecule has 3 nitrogen and oxygen atoms in total. The van der Waals surface area contributed by atoms with Crippen molar-refractivity contribution in [2.45, 2.75) is 51.5 Å². The van der Waals surface area contributed by atoms with Crippen LogP contribution in [0.2, 0.25) is 0 Å². The third-order valence-corrected chi connectivity index (χ3v) is 5.46. The lowest BCUT2D eigenvalue weighted by Crippen LogP contribution is -2.35. The molecule has 1 aromatic carbocycles. The summed E-state index contributed by atoms with van der Waals surface area (Å²) in [5.41, 5.74) is 4.08. The van der Waals surface area contributed by atoms with E-state index in [1.54, 1.807) is 0 Å². The highest BCUT2D eigenvalue weighted by Gasteiger charge is 2.24. The second-order valence-corrected chi connectivity index (χ2v) is 7.18. The van der Waals surface area contributed by atoms with E-state index >= 15 is 0 Å². The first-order chi connectivity index (χ1) is 11.8. The van der Waals surface area contributed by atoms with E-state index in [-0.39, 0.29) is 0 Å². The number of nitrogens with zero attached hydrogens (tertiary/aromatic N) is 2. The summed E-state index contributed by atoms with van der Waals surface area (Å²) in [6.45, 7) is 4.43. The van der Waals surface area contributed by atoms with Crippen molar-refractivity contribution in [1.82, 2.24) is 9.88 Å². The number of aromatic nitrogens is 1. The van der Waals surface area contributed by atoms with E-state index < -0.39 is 0 Å². The lowest BCUT2D eigenvalue weighted by molar-refractivity contribution is 0.208. The van der Waals surface area contributed by atoms with Gasteiger partial charge in [0.25, 0.3) is 0 Å². The Kier molecular flexibility index (Phi) is 4.52. The smallest absolute Gasteiger partial charge is 0.219 e. The number of ether oxygens (including phenoxy) is 1. The summed E-state index contributed by atoms with van der Waals surface area (Å²) in [7, 11) is 0. The fourth-order valence-electron chi connectivity index (χ4n) is 4.05. The van der Waals surface area contributed by atoms with Gasteiger partial charge in [-0.15, -0.1) is 0 Å². The fourth-order valence-corrected chi connectivity index (χ4v) is 4.05. The summed E-state index contributed by atoms with van der Waals surface area (Å²) >= 11 is 0. The van der Waals surface area contributed by atoms with Gasteiger partial charge in [-0.1, -0.05) is 25.0 Å². The first-order valence-corrected chi connectivity index (χ1v) is 9.24. The van der Waals surface area contributed by atoms with E-state index in [0.717, 1.165) is 30.2 Å². The molecule has 0 saturated heterocycles. The summed E-state index contributed by atoms with van der Waals surface area (Å²) in [6, 6.07) is 11.3. The molecule has 0 atom stereocenters. The van der Waals surface area contributed by atoms with Gasteiger partial charge in [0.15, 0.2) is 0 Å². The third-order valence-electron chi connectivity index (χ3n) is 5.46. The zero-order valence-corrected chi connectivity index (χ0v) is 14.5. The average molecular weight is 322 g/mol. The number of benzene rings is 1. The van der Waals surface area contributed by atoms with Crippen molar-refractivity contribution in [3.8, 4) is 11.6 Å². The second kappa shape index (κ2) is 6.94. The Morgan fingerprint density at radius 1 is 1.00 bits per heavy atom. The Morgan fingerprint density at radius 3 is 2.54 bits per heavy atom. The molecule has 2 aromatic rings. The maximum absolute atomic E-state index is 5.94. The van der Waals surface area contributed by atoms with Gasteiger partial charge in [-0.25, -0.2) is 4.98 Å². The molecule has 4 rings (SSSR count). The van der Waals surface area contributed by atoms with Gasteiger partial charge in [0.05, 0.1) is 0 Å². The molecule has 0 N–H and O–H groups in total. The number of fused-ring (bicyclic) bond motifs is 1. The van der Waals surface area contributed by atoms with Crippen LogP contribution in [0.1, 0.15) is 42.4 Å².